The Balaban J connectivity index is 1.30. The predicted octanol–water partition coefficient (Wildman–Crippen LogP) is 4.57. The van der Waals surface area contributed by atoms with Crippen molar-refractivity contribution in [3.63, 3.8) is 0 Å². The highest BCUT2D eigenvalue weighted by molar-refractivity contribution is 7.99. The molecular formula is C31H43ClN6O6S. The van der Waals surface area contributed by atoms with E-state index in [0.717, 1.165) is 17.7 Å². The van der Waals surface area contributed by atoms with Gasteiger partial charge < -0.3 is 34.4 Å². The van der Waals surface area contributed by atoms with E-state index in [1.165, 1.54) is 18.9 Å². The summed E-state index contributed by atoms with van der Waals surface area (Å²) < 4.78 is 16.6. The van der Waals surface area contributed by atoms with Crippen molar-refractivity contribution < 1.29 is 28.9 Å². The molecule has 0 unspecified atom stereocenters. The highest BCUT2D eigenvalue weighted by Crippen LogP contribution is 2.44. The Hall–Kier alpha value is -2.87. The number of aliphatic hydroxyl groups is 1. The number of hydrogen-bond acceptors (Lipinski definition) is 12. The van der Waals surface area contributed by atoms with Crippen LogP contribution in [0.25, 0.3) is 0 Å². The maximum atomic E-state index is 12.9. The van der Waals surface area contributed by atoms with Gasteiger partial charge in [-0.15, -0.1) is 0 Å². The first-order valence-electron chi connectivity index (χ1n) is 15.2. The number of ether oxygens (including phenoxy) is 3. The summed E-state index contributed by atoms with van der Waals surface area (Å²) in [6, 6.07) is 1.60. The molecule has 0 aliphatic carbocycles. The van der Waals surface area contributed by atoms with E-state index < -0.39 is 23.3 Å². The lowest BCUT2D eigenvalue weighted by molar-refractivity contribution is 0.00436. The Morgan fingerprint density at radius 1 is 1.13 bits per heavy atom. The summed E-state index contributed by atoms with van der Waals surface area (Å²) in [6.07, 6.45) is 4.15. The third-order valence-electron chi connectivity index (χ3n) is 8.83. The molecule has 0 aromatic carbocycles. The number of piperidine rings is 1. The third kappa shape index (κ3) is 7.26. The molecule has 2 aromatic rings. The molecule has 3 saturated heterocycles. The van der Waals surface area contributed by atoms with E-state index in [9.17, 15) is 14.7 Å². The van der Waals surface area contributed by atoms with E-state index in [4.69, 9.17) is 25.8 Å². The van der Waals surface area contributed by atoms with Gasteiger partial charge in [-0.2, -0.15) is 0 Å². The number of anilines is 2. The number of carbonyl (C=O) groups is 2. The molecule has 2 atom stereocenters. The van der Waals surface area contributed by atoms with Crippen molar-refractivity contribution >= 4 is 47.1 Å². The number of rotatable bonds is 7. The fourth-order valence-electron chi connectivity index (χ4n) is 6.11. The molecule has 14 heteroatoms. The smallest absolute Gasteiger partial charge is 0.407 e. The zero-order valence-electron chi connectivity index (χ0n) is 26.9. The van der Waals surface area contributed by atoms with Crippen molar-refractivity contribution in [2.45, 2.75) is 87.7 Å². The summed E-state index contributed by atoms with van der Waals surface area (Å²) in [7, 11) is 1.32. The number of halogens is 1. The summed E-state index contributed by atoms with van der Waals surface area (Å²) in [5, 5.41) is 14.3. The highest BCUT2D eigenvalue weighted by atomic mass is 35.5. The van der Waals surface area contributed by atoms with Crippen LogP contribution in [0, 0.1) is 11.3 Å². The van der Waals surface area contributed by atoms with E-state index in [-0.39, 0.29) is 29.2 Å². The molecule has 3 fully saturated rings. The quantitative estimate of drug-likeness (QED) is 0.402. The van der Waals surface area contributed by atoms with E-state index in [2.05, 4.69) is 20.3 Å². The Morgan fingerprint density at radius 2 is 1.82 bits per heavy atom. The Morgan fingerprint density at radius 3 is 2.44 bits per heavy atom. The number of nitrogens with zero attached hydrogens (tertiary/aromatic N) is 5. The first kappa shape index (κ1) is 33.5. The first-order valence-corrected chi connectivity index (χ1v) is 16.4. The monoisotopic (exact) mass is 662 g/mol. The fourth-order valence-corrected chi connectivity index (χ4v) is 7.24. The van der Waals surface area contributed by atoms with Crippen LogP contribution in [0.2, 0.25) is 5.02 Å². The molecule has 1 amide bonds. The molecule has 5 heterocycles. The number of methoxy groups -OCH3 is 1. The van der Waals surface area contributed by atoms with Gasteiger partial charge in [-0.1, -0.05) is 23.4 Å². The minimum absolute atomic E-state index is 0.124. The van der Waals surface area contributed by atoms with Crippen LogP contribution in [0.3, 0.4) is 0 Å². The van der Waals surface area contributed by atoms with E-state index >= 15 is 0 Å². The van der Waals surface area contributed by atoms with Crippen LogP contribution in [0.4, 0.5) is 16.4 Å². The fraction of sp³-hybridized carbons (Fsp3) is 0.645. The molecule has 2 aromatic heterocycles. The Kier molecular flexibility index (Phi) is 9.48. The lowest BCUT2D eigenvalue weighted by Crippen LogP contribution is -2.56. The predicted molar refractivity (Wildman–Crippen MR) is 171 cm³/mol. The molecule has 0 saturated carbocycles. The number of nitrogens with one attached hydrogen (secondary N) is 1. The Bertz CT molecular complexity index is 1420. The summed E-state index contributed by atoms with van der Waals surface area (Å²) >= 11 is 8.07. The Labute approximate surface area is 273 Å². The van der Waals surface area contributed by atoms with E-state index in [0.29, 0.717) is 54.5 Å². The number of carbonyl (C=O) groups excluding carboxylic acids is 2. The van der Waals surface area contributed by atoms with Crippen LogP contribution in [-0.2, 0) is 14.2 Å². The number of hydrogen-bond donors (Lipinski definition) is 2. The van der Waals surface area contributed by atoms with Crippen LogP contribution < -0.4 is 15.1 Å². The lowest BCUT2D eigenvalue weighted by Gasteiger charge is -2.46. The van der Waals surface area contributed by atoms with Gasteiger partial charge in [-0.05, 0) is 60.5 Å². The zero-order chi connectivity index (χ0) is 32.7. The van der Waals surface area contributed by atoms with Crippen LogP contribution in [0.15, 0.2) is 28.4 Å². The summed E-state index contributed by atoms with van der Waals surface area (Å²) in [5.41, 5.74) is -1.51. The van der Waals surface area contributed by atoms with E-state index in [1.807, 2.05) is 51.3 Å². The zero-order valence-corrected chi connectivity index (χ0v) is 28.5. The molecule has 3 aliphatic heterocycles. The van der Waals surface area contributed by atoms with Crippen LogP contribution in [0.5, 0.6) is 0 Å². The molecule has 1 spiro atoms. The van der Waals surface area contributed by atoms with Gasteiger partial charge in [0.2, 0.25) is 0 Å². The normalized spacial score (nSPS) is 21.9. The molecule has 5 rings (SSSR count). The third-order valence-corrected chi connectivity index (χ3v) is 10.3. The standard InChI is InChI=1S/C31H43ClN6O6S/c1-18-24(36-28(40)44-29(2,3)4)31(17-43-18)9-12-37(13-10-31)26-23(27(39)42-7)35-21(14-34-26)45-20-8-11-33-25(22(20)32)38-15-19(16-38)30(5,6)41/h8,11,14,18-19,24,41H,9-10,12-13,15-17H2,1-7H3,(H,36,40)/t18-,24+/m0/s1. The second kappa shape index (κ2) is 12.7. The van der Waals surface area contributed by atoms with Crippen molar-refractivity contribution in [3.8, 4) is 0 Å². The van der Waals surface area contributed by atoms with Crippen LogP contribution in [0.1, 0.15) is 64.9 Å². The van der Waals surface area contributed by atoms with Crippen LogP contribution in [-0.4, -0.2) is 95.4 Å². The number of alkyl carbamates (subject to hydrolysis) is 1. The van der Waals surface area contributed by atoms with Gasteiger partial charge >= 0.3 is 12.1 Å². The average Bonchev–Trinajstić information content (AvgIpc) is 3.22. The van der Waals surface area contributed by atoms with Gasteiger partial charge in [-0.25, -0.2) is 24.5 Å². The summed E-state index contributed by atoms with van der Waals surface area (Å²) in [4.78, 5) is 44.2. The molecule has 45 heavy (non-hydrogen) atoms. The van der Waals surface area contributed by atoms with Crippen molar-refractivity contribution in [3.05, 3.63) is 29.2 Å². The molecular weight excluding hydrogens is 620 g/mol. The topological polar surface area (TPSA) is 139 Å². The second-order valence-electron chi connectivity index (χ2n) is 13.7. The average molecular weight is 663 g/mol. The maximum absolute atomic E-state index is 12.9. The van der Waals surface area contributed by atoms with E-state index in [1.54, 1.807) is 18.5 Å². The van der Waals surface area contributed by atoms with Crippen molar-refractivity contribution in [1.82, 2.24) is 20.3 Å². The maximum Gasteiger partial charge on any atom is 0.407 e. The van der Waals surface area contributed by atoms with Gasteiger partial charge in [0, 0.05) is 48.6 Å². The second-order valence-corrected chi connectivity index (χ2v) is 15.1. The number of aromatic nitrogens is 3. The molecule has 0 bridgehead atoms. The number of amides is 1. The number of pyridine rings is 1. The molecule has 3 aliphatic rings. The summed E-state index contributed by atoms with van der Waals surface area (Å²) in [6.45, 7) is 14.1. The van der Waals surface area contributed by atoms with Crippen molar-refractivity contribution in [1.29, 1.82) is 0 Å². The molecule has 2 N–H and O–H groups in total. The molecule has 246 valence electrons. The van der Waals surface area contributed by atoms with Gasteiger partial charge in [-0.3, -0.25) is 0 Å². The van der Waals surface area contributed by atoms with Gasteiger partial charge in [0.05, 0.1) is 42.7 Å². The van der Waals surface area contributed by atoms with Gasteiger partial charge in [0.25, 0.3) is 0 Å². The summed E-state index contributed by atoms with van der Waals surface area (Å²) in [5.74, 6) is 0.646. The minimum atomic E-state index is -0.770. The SMILES string of the molecule is COC(=O)c1nc(Sc2ccnc(N3CC(C(C)(C)O)C3)c2Cl)cnc1N1CCC2(CC1)CO[C@@H](C)[C@H]2NC(=O)OC(C)(C)C. The first-order chi connectivity index (χ1) is 21.1. The van der Waals surface area contributed by atoms with Crippen LogP contribution >= 0.6 is 23.4 Å². The highest BCUT2D eigenvalue weighted by Gasteiger charge is 2.51. The lowest BCUT2D eigenvalue weighted by atomic mass is 9.73. The molecule has 12 nitrogen and oxygen atoms in total. The van der Waals surface area contributed by atoms with Gasteiger partial charge in [0.1, 0.15) is 16.4 Å². The van der Waals surface area contributed by atoms with Crippen molar-refractivity contribution in [2.75, 3.05) is 49.7 Å². The minimum Gasteiger partial charge on any atom is -0.464 e. The number of esters is 1. The van der Waals surface area contributed by atoms with Gasteiger partial charge in [0.15, 0.2) is 11.5 Å². The van der Waals surface area contributed by atoms with Crippen molar-refractivity contribution in [2.24, 2.45) is 11.3 Å². The largest absolute Gasteiger partial charge is 0.464 e. The molecule has 0 radical (unpaired) electrons.